The minimum atomic E-state index is -0.946. The number of amides is 2. The molecule has 0 spiro atoms. The molecule has 0 radical (unpaired) electrons. The summed E-state index contributed by atoms with van der Waals surface area (Å²) >= 11 is 0. The van der Waals surface area contributed by atoms with E-state index < -0.39 is 12.0 Å². The molecule has 1 N–H and O–H groups in total. The quantitative estimate of drug-likeness (QED) is 0.863. The highest BCUT2D eigenvalue weighted by Crippen LogP contribution is 2.35. The predicted molar refractivity (Wildman–Crippen MR) is 79.4 cm³/mol. The summed E-state index contributed by atoms with van der Waals surface area (Å²) in [5, 5.41) is 9.44. The molecule has 0 aliphatic carbocycles. The molecule has 1 fully saturated rings. The van der Waals surface area contributed by atoms with Crippen molar-refractivity contribution < 1.29 is 14.7 Å². The third-order valence-electron chi connectivity index (χ3n) is 4.42. The number of para-hydroxylation sites is 1. The second kappa shape index (κ2) is 4.76. The van der Waals surface area contributed by atoms with Crippen molar-refractivity contribution in [3.05, 3.63) is 29.8 Å². The van der Waals surface area contributed by atoms with Gasteiger partial charge in [-0.05, 0) is 23.5 Å². The van der Waals surface area contributed by atoms with Crippen molar-refractivity contribution in [3.63, 3.8) is 0 Å². The largest absolute Gasteiger partial charge is 0.480 e. The summed E-state index contributed by atoms with van der Waals surface area (Å²) in [5.74, 6) is -0.946. The molecule has 0 aromatic heterocycles. The van der Waals surface area contributed by atoms with Gasteiger partial charge < -0.3 is 10.0 Å². The van der Waals surface area contributed by atoms with E-state index in [0.717, 1.165) is 17.7 Å². The molecule has 3 rings (SSSR count). The molecule has 2 aliphatic heterocycles. The zero-order chi connectivity index (χ0) is 15.2. The first-order chi connectivity index (χ1) is 9.89. The van der Waals surface area contributed by atoms with E-state index in [4.69, 9.17) is 0 Å². The molecule has 0 bridgehead atoms. The van der Waals surface area contributed by atoms with Crippen LogP contribution in [0.15, 0.2) is 24.3 Å². The Morgan fingerprint density at radius 1 is 1.29 bits per heavy atom. The van der Waals surface area contributed by atoms with E-state index in [9.17, 15) is 14.7 Å². The van der Waals surface area contributed by atoms with Crippen molar-refractivity contribution in [1.29, 1.82) is 0 Å². The maximum absolute atomic E-state index is 12.8. The van der Waals surface area contributed by atoms with Crippen LogP contribution in [0.2, 0.25) is 0 Å². The first kappa shape index (κ1) is 13.9. The number of urea groups is 1. The van der Waals surface area contributed by atoms with Crippen LogP contribution in [0.5, 0.6) is 0 Å². The lowest BCUT2D eigenvalue weighted by Gasteiger charge is -2.29. The molecule has 112 valence electrons. The Bertz CT molecular complexity index is 597. The monoisotopic (exact) mass is 288 g/mol. The lowest BCUT2D eigenvalue weighted by molar-refractivity contribution is -0.138. The van der Waals surface area contributed by atoms with Crippen LogP contribution >= 0.6 is 0 Å². The number of likely N-dealkylation sites (tertiary alicyclic amines) is 1. The van der Waals surface area contributed by atoms with Crippen LogP contribution in [0.1, 0.15) is 25.8 Å². The van der Waals surface area contributed by atoms with Crippen molar-refractivity contribution in [1.82, 2.24) is 4.90 Å². The van der Waals surface area contributed by atoms with Crippen LogP contribution in [0.4, 0.5) is 10.5 Å². The molecular formula is C16H20N2O3. The van der Waals surface area contributed by atoms with E-state index in [2.05, 4.69) is 13.8 Å². The second-order valence-corrected chi connectivity index (χ2v) is 6.68. The number of carboxylic acids is 1. The van der Waals surface area contributed by atoms with Crippen molar-refractivity contribution in [2.24, 2.45) is 5.41 Å². The molecule has 5 heteroatoms. The van der Waals surface area contributed by atoms with Gasteiger partial charge in [0, 0.05) is 25.2 Å². The highest BCUT2D eigenvalue weighted by Gasteiger charge is 2.42. The summed E-state index contributed by atoms with van der Waals surface area (Å²) in [6, 6.07) is 6.47. The average molecular weight is 288 g/mol. The van der Waals surface area contributed by atoms with Gasteiger partial charge in [0.05, 0.1) is 0 Å². The van der Waals surface area contributed by atoms with E-state index in [1.165, 1.54) is 4.90 Å². The van der Waals surface area contributed by atoms with Gasteiger partial charge in [-0.25, -0.2) is 9.59 Å². The summed E-state index contributed by atoms with van der Waals surface area (Å²) in [5.41, 5.74) is 1.77. The van der Waals surface area contributed by atoms with E-state index in [0.29, 0.717) is 19.5 Å². The fourth-order valence-corrected chi connectivity index (χ4v) is 3.25. The zero-order valence-corrected chi connectivity index (χ0v) is 12.4. The molecule has 1 unspecified atom stereocenters. The topological polar surface area (TPSA) is 60.9 Å². The van der Waals surface area contributed by atoms with Crippen LogP contribution in [-0.4, -0.2) is 41.1 Å². The Kier molecular flexibility index (Phi) is 3.15. The number of nitrogens with zero attached hydrogens (tertiary/aromatic N) is 2. The summed E-state index contributed by atoms with van der Waals surface area (Å²) < 4.78 is 0. The van der Waals surface area contributed by atoms with Gasteiger partial charge in [-0.2, -0.15) is 0 Å². The summed E-state index contributed by atoms with van der Waals surface area (Å²) in [6.07, 6.45) is 1.33. The molecule has 1 saturated heterocycles. The van der Waals surface area contributed by atoms with Crippen molar-refractivity contribution >= 4 is 17.7 Å². The number of rotatable bonds is 1. The highest BCUT2D eigenvalue weighted by atomic mass is 16.4. The number of carbonyl (C=O) groups is 2. The number of carboxylic acid groups (broad SMARTS) is 1. The van der Waals surface area contributed by atoms with Gasteiger partial charge in [0.15, 0.2) is 0 Å². The van der Waals surface area contributed by atoms with Gasteiger partial charge in [0.25, 0.3) is 0 Å². The highest BCUT2D eigenvalue weighted by molar-refractivity contribution is 6.01. The van der Waals surface area contributed by atoms with Gasteiger partial charge in [-0.15, -0.1) is 0 Å². The van der Waals surface area contributed by atoms with Gasteiger partial charge in [0.2, 0.25) is 0 Å². The second-order valence-electron chi connectivity index (χ2n) is 6.68. The van der Waals surface area contributed by atoms with Crippen molar-refractivity contribution in [3.8, 4) is 0 Å². The molecule has 2 amide bonds. The zero-order valence-electron chi connectivity index (χ0n) is 12.4. The van der Waals surface area contributed by atoms with Gasteiger partial charge >= 0.3 is 12.0 Å². The Morgan fingerprint density at radius 3 is 2.62 bits per heavy atom. The minimum absolute atomic E-state index is 0.105. The summed E-state index contributed by atoms with van der Waals surface area (Å²) in [4.78, 5) is 27.5. The van der Waals surface area contributed by atoms with Crippen molar-refractivity contribution in [2.45, 2.75) is 32.7 Å². The SMILES string of the molecule is CC1(C)CCN(C(=O)N2c3ccccc3CC2C(=O)O)C1. The maximum Gasteiger partial charge on any atom is 0.327 e. The molecule has 0 saturated carbocycles. The average Bonchev–Trinajstić information content (AvgIpc) is 2.98. The number of carbonyl (C=O) groups excluding carboxylic acids is 1. The molecule has 5 nitrogen and oxygen atoms in total. The lowest BCUT2D eigenvalue weighted by Crippen LogP contribution is -2.49. The van der Waals surface area contributed by atoms with E-state index in [1.54, 1.807) is 4.90 Å². The first-order valence-corrected chi connectivity index (χ1v) is 7.28. The molecule has 1 aromatic carbocycles. The van der Waals surface area contributed by atoms with Gasteiger partial charge in [0.1, 0.15) is 6.04 Å². The number of fused-ring (bicyclic) bond motifs is 1. The van der Waals surface area contributed by atoms with Crippen LogP contribution in [-0.2, 0) is 11.2 Å². The predicted octanol–water partition coefficient (Wildman–Crippen LogP) is 2.35. The number of benzene rings is 1. The summed E-state index contributed by atoms with van der Waals surface area (Å²) in [7, 11) is 0. The molecule has 1 aromatic rings. The summed E-state index contributed by atoms with van der Waals surface area (Å²) in [6.45, 7) is 5.63. The number of hydrogen-bond acceptors (Lipinski definition) is 2. The van der Waals surface area contributed by atoms with E-state index >= 15 is 0 Å². The Hall–Kier alpha value is -2.04. The fourth-order valence-electron chi connectivity index (χ4n) is 3.25. The third-order valence-corrected chi connectivity index (χ3v) is 4.42. The number of anilines is 1. The van der Waals surface area contributed by atoms with Gasteiger partial charge in [-0.3, -0.25) is 4.90 Å². The minimum Gasteiger partial charge on any atom is -0.480 e. The molecular weight excluding hydrogens is 268 g/mol. The molecule has 2 aliphatic rings. The van der Waals surface area contributed by atoms with E-state index in [1.807, 2.05) is 24.3 Å². The Labute approximate surface area is 124 Å². The maximum atomic E-state index is 12.8. The molecule has 21 heavy (non-hydrogen) atoms. The molecule has 2 heterocycles. The normalized spacial score (nSPS) is 23.2. The van der Waals surface area contributed by atoms with Gasteiger partial charge in [-0.1, -0.05) is 32.0 Å². The van der Waals surface area contributed by atoms with Crippen LogP contribution in [0, 0.1) is 5.41 Å². The van der Waals surface area contributed by atoms with Crippen LogP contribution in [0.25, 0.3) is 0 Å². The number of hydrogen-bond donors (Lipinski definition) is 1. The first-order valence-electron chi connectivity index (χ1n) is 7.28. The number of aliphatic carboxylic acids is 1. The van der Waals surface area contributed by atoms with Crippen LogP contribution in [0.3, 0.4) is 0 Å². The Morgan fingerprint density at radius 2 is 2.00 bits per heavy atom. The fraction of sp³-hybridized carbons (Fsp3) is 0.500. The lowest BCUT2D eigenvalue weighted by atomic mass is 9.93. The van der Waals surface area contributed by atoms with Crippen LogP contribution < -0.4 is 4.90 Å². The van der Waals surface area contributed by atoms with Crippen molar-refractivity contribution in [2.75, 3.05) is 18.0 Å². The molecule has 1 atom stereocenters. The third kappa shape index (κ3) is 2.37. The van der Waals surface area contributed by atoms with E-state index in [-0.39, 0.29) is 11.4 Å². The Balaban J connectivity index is 1.91. The standard InChI is InChI=1S/C16H20N2O3/c1-16(2)7-8-17(10-16)15(21)18-12-6-4-3-5-11(12)9-13(18)14(19)20/h3-6,13H,7-10H2,1-2H3,(H,19,20). The smallest absolute Gasteiger partial charge is 0.327 e.